The lowest BCUT2D eigenvalue weighted by atomic mass is 10.3. The van der Waals surface area contributed by atoms with Gasteiger partial charge in [-0.3, -0.25) is 4.79 Å². The number of imide groups is 1. The van der Waals surface area contributed by atoms with Crippen molar-refractivity contribution in [1.29, 1.82) is 0 Å². The minimum Gasteiger partial charge on any atom is -0.449 e. The van der Waals surface area contributed by atoms with Crippen LogP contribution in [0.15, 0.2) is 79.2 Å². The van der Waals surface area contributed by atoms with E-state index in [4.69, 9.17) is 27.6 Å². The number of halogens is 3. The average Bonchev–Trinajstić information content (AvgIpc) is 3.17. The predicted octanol–water partition coefficient (Wildman–Crippen LogP) is 6.60. The van der Waals surface area contributed by atoms with Gasteiger partial charge in [-0.15, -0.1) is 0 Å². The Kier molecular flexibility index (Phi) is 5.74. The SMILES string of the molecule is O=C1N/C(=C/c2cc(Br)c(Sc3ccc(Cl)cc3)o2)C(=O)N1c1ccc(Cl)cc1. The smallest absolute Gasteiger partial charge is 0.333 e. The summed E-state index contributed by atoms with van der Waals surface area (Å²) < 4.78 is 6.55. The molecule has 5 nitrogen and oxygen atoms in total. The van der Waals surface area contributed by atoms with Crippen LogP contribution >= 0.6 is 50.9 Å². The largest absolute Gasteiger partial charge is 0.449 e. The molecule has 9 heteroatoms. The molecule has 2 aromatic carbocycles. The Labute approximate surface area is 188 Å². The second-order valence-electron chi connectivity index (χ2n) is 5.95. The molecule has 146 valence electrons. The van der Waals surface area contributed by atoms with Crippen LogP contribution in [-0.4, -0.2) is 11.9 Å². The van der Waals surface area contributed by atoms with Crippen molar-refractivity contribution < 1.29 is 14.0 Å². The van der Waals surface area contributed by atoms with Gasteiger partial charge in [0, 0.05) is 21.0 Å². The summed E-state index contributed by atoms with van der Waals surface area (Å²) >= 11 is 16.6. The lowest BCUT2D eigenvalue weighted by Crippen LogP contribution is -2.30. The summed E-state index contributed by atoms with van der Waals surface area (Å²) in [7, 11) is 0. The number of anilines is 1. The maximum absolute atomic E-state index is 12.7. The fraction of sp³-hybridized carbons (Fsp3) is 0. The van der Waals surface area contributed by atoms with E-state index >= 15 is 0 Å². The molecule has 0 aliphatic carbocycles. The van der Waals surface area contributed by atoms with Crippen LogP contribution in [0.1, 0.15) is 5.76 Å². The number of nitrogens with zero attached hydrogens (tertiary/aromatic N) is 1. The van der Waals surface area contributed by atoms with Crippen LogP contribution in [-0.2, 0) is 4.79 Å². The molecule has 0 bridgehead atoms. The zero-order chi connectivity index (χ0) is 20.5. The zero-order valence-corrected chi connectivity index (χ0v) is 18.4. The summed E-state index contributed by atoms with van der Waals surface area (Å²) in [4.78, 5) is 27.0. The molecular formula is C20H11BrCl2N2O3S. The molecule has 1 aliphatic rings. The maximum atomic E-state index is 12.7. The van der Waals surface area contributed by atoms with Crippen LogP contribution in [0.25, 0.3) is 6.08 Å². The summed E-state index contributed by atoms with van der Waals surface area (Å²) in [5, 5.41) is 4.35. The molecule has 0 atom stereocenters. The molecular weight excluding hydrogens is 499 g/mol. The lowest BCUT2D eigenvalue weighted by Gasteiger charge is -2.11. The van der Waals surface area contributed by atoms with Crippen LogP contribution in [0, 0.1) is 0 Å². The van der Waals surface area contributed by atoms with Crippen LogP contribution in [0.5, 0.6) is 0 Å². The molecule has 3 aromatic rings. The third-order valence-corrected chi connectivity index (χ3v) is 6.30. The summed E-state index contributed by atoms with van der Waals surface area (Å²) in [6, 6.07) is 15.0. The van der Waals surface area contributed by atoms with Gasteiger partial charge in [0.15, 0.2) is 5.09 Å². The number of rotatable bonds is 4. The first-order valence-electron chi connectivity index (χ1n) is 8.26. The van der Waals surface area contributed by atoms with E-state index in [-0.39, 0.29) is 5.70 Å². The Morgan fingerprint density at radius 2 is 1.62 bits per heavy atom. The molecule has 0 unspecified atom stereocenters. The molecule has 3 amide bonds. The van der Waals surface area contributed by atoms with Crippen molar-refractivity contribution in [1.82, 2.24) is 5.32 Å². The van der Waals surface area contributed by atoms with Crippen molar-refractivity contribution >= 4 is 74.6 Å². The maximum Gasteiger partial charge on any atom is 0.333 e. The summed E-state index contributed by atoms with van der Waals surface area (Å²) in [6.07, 6.45) is 1.49. The molecule has 1 aromatic heterocycles. The van der Waals surface area contributed by atoms with E-state index in [1.54, 1.807) is 42.5 Å². The second-order valence-corrected chi connectivity index (χ2v) is 8.72. The van der Waals surface area contributed by atoms with Crippen molar-refractivity contribution in [2.24, 2.45) is 0 Å². The van der Waals surface area contributed by atoms with E-state index in [1.165, 1.54) is 17.8 Å². The highest BCUT2D eigenvalue weighted by atomic mass is 79.9. The summed E-state index contributed by atoms with van der Waals surface area (Å²) in [5.41, 5.74) is 0.550. The normalized spacial score (nSPS) is 15.3. The number of amides is 3. The standard InChI is InChI=1S/C20H11BrCl2N2O3S/c21-16-9-14(28-19(16)29-15-7-3-12(23)4-8-15)10-17-18(26)25(20(27)24-17)13-5-1-11(22)2-6-13/h1-10H,(H,24,27)/b17-10+. The van der Waals surface area contributed by atoms with Crippen molar-refractivity contribution in [3.63, 3.8) is 0 Å². The van der Waals surface area contributed by atoms with E-state index in [0.717, 1.165) is 14.3 Å². The van der Waals surface area contributed by atoms with Gasteiger partial charge in [-0.25, -0.2) is 9.69 Å². The number of furan rings is 1. The van der Waals surface area contributed by atoms with E-state index in [2.05, 4.69) is 21.2 Å². The first kappa shape index (κ1) is 20.1. The van der Waals surface area contributed by atoms with Crippen molar-refractivity contribution in [2.75, 3.05) is 4.90 Å². The minimum absolute atomic E-state index is 0.120. The number of nitrogens with one attached hydrogen (secondary N) is 1. The van der Waals surface area contributed by atoms with Crippen LogP contribution < -0.4 is 10.2 Å². The monoisotopic (exact) mass is 508 g/mol. The minimum atomic E-state index is -0.537. The van der Waals surface area contributed by atoms with Gasteiger partial charge < -0.3 is 9.73 Å². The fourth-order valence-corrected chi connectivity index (χ4v) is 4.20. The second kappa shape index (κ2) is 8.28. The van der Waals surface area contributed by atoms with E-state index in [9.17, 15) is 9.59 Å². The number of hydrogen-bond donors (Lipinski definition) is 1. The quantitative estimate of drug-likeness (QED) is 0.318. The molecule has 1 saturated heterocycles. The molecule has 0 spiro atoms. The van der Waals surface area contributed by atoms with Gasteiger partial charge >= 0.3 is 6.03 Å². The van der Waals surface area contributed by atoms with Gasteiger partial charge in [0.2, 0.25) is 0 Å². The number of carbonyl (C=O) groups excluding carboxylic acids is 2. The Balaban J connectivity index is 1.56. The number of benzene rings is 2. The topological polar surface area (TPSA) is 62.6 Å². The number of hydrogen-bond acceptors (Lipinski definition) is 4. The molecule has 2 heterocycles. The van der Waals surface area contributed by atoms with Gasteiger partial charge in [0.25, 0.3) is 5.91 Å². The Hall–Kier alpha value is -2.19. The van der Waals surface area contributed by atoms with Gasteiger partial charge in [-0.1, -0.05) is 35.0 Å². The zero-order valence-electron chi connectivity index (χ0n) is 14.5. The van der Waals surface area contributed by atoms with Crippen LogP contribution in [0.2, 0.25) is 10.0 Å². The molecule has 1 fully saturated rings. The number of urea groups is 1. The third kappa shape index (κ3) is 4.38. The predicted molar refractivity (Wildman–Crippen MR) is 117 cm³/mol. The first-order valence-corrected chi connectivity index (χ1v) is 10.6. The molecule has 0 saturated carbocycles. The van der Waals surface area contributed by atoms with Gasteiger partial charge in [-0.05, 0) is 70.5 Å². The first-order chi connectivity index (χ1) is 13.9. The molecule has 1 aliphatic heterocycles. The van der Waals surface area contributed by atoms with Gasteiger partial charge in [0.1, 0.15) is 11.5 Å². The van der Waals surface area contributed by atoms with E-state index in [1.807, 2.05) is 12.1 Å². The van der Waals surface area contributed by atoms with Crippen molar-refractivity contribution in [2.45, 2.75) is 9.99 Å². The van der Waals surface area contributed by atoms with Gasteiger partial charge in [0.05, 0.1) is 10.2 Å². The fourth-order valence-electron chi connectivity index (χ4n) is 2.62. The van der Waals surface area contributed by atoms with Crippen molar-refractivity contribution in [3.05, 3.63) is 80.6 Å². The Bertz CT molecular complexity index is 1130. The Morgan fingerprint density at radius 3 is 2.28 bits per heavy atom. The van der Waals surface area contributed by atoms with Crippen molar-refractivity contribution in [3.8, 4) is 0 Å². The van der Waals surface area contributed by atoms with Crippen LogP contribution in [0.3, 0.4) is 0 Å². The van der Waals surface area contributed by atoms with E-state index in [0.29, 0.717) is 26.6 Å². The van der Waals surface area contributed by atoms with E-state index < -0.39 is 11.9 Å². The highest BCUT2D eigenvalue weighted by Gasteiger charge is 2.35. The average molecular weight is 510 g/mol. The molecule has 0 radical (unpaired) electrons. The molecule has 29 heavy (non-hydrogen) atoms. The Morgan fingerprint density at radius 1 is 1.00 bits per heavy atom. The molecule has 4 rings (SSSR count). The lowest BCUT2D eigenvalue weighted by molar-refractivity contribution is -0.113. The molecule has 1 N–H and O–H groups in total. The van der Waals surface area contributed by atoms with Gasteiger partial charge in [-0.2, -0.15) is 0 Å². The highest BCUT2D eigenvalue weighted by Crippen LogP contribution is 2.37. The summed E-state index contributed by atoms with van der Waals surface area (Å²) in [5.74, 6) is -0.0494. The highest BCUT2D eigenvalue weighted by molar-refractivity contribution is 9.10. The third-order valence-electron chi connectivity index (χ3n) is 3.95. The summed E-state index contributed by atoms with van der Waals surface area (Å²) in [6.45, 7) is 0. The van der Waals surface area contributed by atoms with Crippen LogP contribution in [0.4, 0.5) is 10.5 Å². The number of carbonyl (C=O) groups is 2.